The van der Waals surface area contributed by atoms with Crippen LogP contribution in [0.25, 0.3) is 0 Å². The Balaban J connectivity index is 3.77. The molecule has 3 nitrogen and oxygen atoms in total. The molecule has 17 heavy (non-hydrogen) atoms. The molecule has 0 unspecified atom stereocenters. The second-order valence-electron chi connectivity index (χ2n) is 3.87. The van der Waals surface area contributed by atoms with Gasteiger partial charge in [0.25, 0.3) is 0 Å². The first-order chi connectivity index (χ1) is 7.59. The van der Waals surface area contributed by atoms with E-state index in [9.17, 15) is 27.5 Å². The van der Waals surface area contributed by atoms with Gasteiger partial charge in [0, 0.05) is 0 Å². The largest absolute Gasteiger partial charge is 0.477 e. The van der Waals surface area contributed by atoms with Gasteiger partial charge in [-0.05, 0) is 13.8 Å². The molecule has 0 radical (unpaired) electrons. The van der Waals surface area contributed by atoms with Crippen molar-refractivity contribution in [1.29, 1.82) is 0 Å². The first kappa shape index (κ1) is 13.4. The minimum absolute atomic E-state index is 0.911. The molecule has 0 heterocycles. The van der Waals surface area contributed by atoms with Crippen molar-refractivity contribution in [3.8, 4) is 0 Å². The van der Waals surface area contributed by atoms with Gasteiger partial charge in [0.1, 0.15) is 5.56 Å². The summed E-state index contributed by atoms with van der Waals surface area (Å²) in [7, 11) is 0. The first-order valence-electron chi connectivity index (χ1n) is 4.41. The topological polar surface area (TPSA) is 57.5 Å². The summed E-state index contributed by atoms with van der Waals surface area (Å²) in [5.41, 5.74) is -5.17. The highest BCUT2D eigenvalue weighted by atomic mass is 19.2. The molecule has 0 fully saturated rings. The maximum absolute atomic E-state index is 13.4. The number of rotatable bonds is 2. The van der Waals surface area contributed by atoms with Crippen LogP contribution in [0, 0.1) is 23.3 Å². The third-order valence-electron chi connectivity index (χ3n) is 2.09. The van der Waals surface area contributed by atoms with E-state index >= 15 is 0 Å². The van der Waals surface area contributed by atoms with E-state index in [1.54, 1.807) is 0 Å². The van der Waals surface area contributed by atoms with Crippen LogP contribution in [0.4, 0.5) is 17.6 Å². The molecule has 94 valence electrons. The van der Waals surface area contributed by atoms with Crippen molar-refractivity contribution in [3.05, 3.63) is 34.4 Å². The quantitative estimate of drug-likeness (QED) is 0.626. The Morgan fingerprint density at radius 2 is 1.35 bits per heavy atom. The zero-order chi connectivity index (χ0) is 13.5. The van der Waals surface area contributed by atoms with Crippen molar-refractivity contribution in [2.45, 2.75) is 19.4 Å². The number of benzene rings is 1. The van der Waals surface area contributed by atoms with E-state index in [-0.39, 0.29) is 0 Å². The molecule has 1 aromatic carbocycles. The number of halogens is 4. The van der Waals surface area contributed by atoms with Gasteiger partial charge >= 0.3 is 5.97 Å². The first-order valence-corrected chi connectivity index (χ1v) is 4.41. The monoisotopic (exact) mass is 252 g/mol. The van der Waals surface area contributed by atoms with Crippen LogP contribution >= 0.6 is 0 Å². The Bertz CT molecular complexity index is 462. The number of carboxylic acids is 1. The molecule has 0 bridgehead atoms. The summed E-state index contributed by atoms with van der Waals surface area (Å²) >= 11 is 0. The normalized spacial score (nSPS) is 11.7. The van der Waals surface area contributed by atoms with Crippen LogP contribution < -0.4 is 0 Å². The molecule has 7 heteroatoms. The molecule has 0 saturated heterocycles. The second kappa shape index (κ2) is 3.99. The highest BCUT2D eigenvalue weighted by molar-refractivity contribution is 5.88. The molecule has 0 amide bonds. The lowest BCUT2D eigenvalue weighted by molar-refractivity contribution is 0.0637. The van der Waals surface area contributed by atoms with Gasteiger partial charge in [-0.2, -0.15) is 0 Å². The summed E-state index contributed by atoms with van der Waals surface area (Å²) in [6, 6.07) is 0. The summed E-state index contributed by atoms with van der Waals surface area (Å²) in [5.74, 6) is -10.1. The lowest BCUT2D eigenvalue weighted by Gasteiger charge is -2.20. The van der Waals surface area contributed by atoms with Crippen molar-refractivity contribution < 1.29 is 32.6 Å². The Morgan fingerprint density at radius 3 is 1.59 bits per heavy atom. The summed E-state index contributed by atoms with van der Waals surface area (Å²) < 4.78 is 53.1. The molecule has 2 N–H and O–H groups in total. The predicted molar refractivity (Wildman–Crippen MR) is 48.5 cm³/mol. The predicted octanol–water partition coefficient (Wildman–Crippen LogP) is 2.17. The van der Waals surface area contributed by atoms with Crippen LogP contribution in [0.15, 0.2) is 0 Å². The van der Waals surface area contributed by atoms with Crippen molar-refractivity contribution in [1.82, 2.24) is 0 Å². The van der Waals surface area contributed by atoms with Crippen LogP contribution in [0.1, 0.15) is 29.8 Å². The second-order valence-corrected chi connectivity index (χ2v) is 3.87. The number of hydrogen-bond donors (Lipinski definition) is 2. The zero-order valence-electron chi connectivity index (χ0n) is 8.81. The van der Waals surface area contributed by atoms with Crippen molar-refractivity contribution in [2.75, 3.05) is 0 Å². The molecule has 0 atom stereocenters. The molecule has 0 aliphatic heterocycles. The third kappa shape index (κ3) is 2.10. The Morgan fingerprint density at radius 1 is 1.00 bits per heavy atom. The van der Waals surface area contributed by atoms with E-state index in [4.69, 9.17) is 5.11 Å². The summed E-state index contributed by atoms with van der Waals surface area (Å²) in [6.45, 7) is 1.82. The third-order valence-corrected chi connectivity index (χ3v) is 2.09. The smallest absolute Gasteiger partial charge is 0.341 e. The van der Waals surface area contributed by atoms with E-state index in [0.717, 1.165) is 13.8 Å². The molecule has 0 saturated carbocycles. The summed E-state index contributed by atoms with van der Waals surface area (Å²) in [6.07, 6.45) is 0. The minimum Gasteiger partial charge on any atom is -0.477 e. The van der Waals surface area contributed by atoms with Crippen molar-refractivity contribution in [3.63, 3.8) is 0 Å². The maximum atomic E-state index is 13.4. The number of aromatic carboxylic acids is 1. The van der Waals surface area contributed by atoms with Gasteiger partial charge in [-0.15, -0.1) is 0 Å². The van der Waals surface area contributed by atoms with Crippen LogP contribution in [-0.4, -0.2) is 16.2 Å². The van der Waals surface area contributed by atoms with Crippen LogP contribution in [0.2, 0.25) is 0 Å². The van der Waals surface area contributed by atoms with Gasteiger partial charge in [-0.25, -0.2) is 22.4 Å². The summed E-state index contributed by atoms with van der Waals surface area (Å²) in [5, 5.41) is 17.8. The average Bonchev–Trinajstić information content (AvgIpc) is 2.12. The highest BCUT2D eigenvalue weighted by Gasteiger charge is 2.35. The van der Waals surface area contributed by atoms with Gasteiger partial charge in [-0.1, -0.05) is 0 Å². The fraction of sp³-hybridized carbons (Fsp3) is 0.300. The van der Waals surface area contributed by atoms with E-state index in [0.29, 0.717) is 0 Å². The van der Waals surface area contributed by atoms with Crippen molar-refractivity contribution in [2.24, 2.45) is 0 Å². The Labute approximate surface area is 93.3 Å². The molecule has 0 aromatic heterocycles. The molecule has 1 aromatic rings. The maximum Gasteiger partial charge on any atom is 0.341 e. The van der Waals surface area contributed by atoms with E-state index in [1.165, 1.54) is 0 Å². The van der Waals surface area contributed by atoms with Gasteiger partial charge in [-0.3, -0.25) is 0 Å². The lowest BCUT2D eigenvalue weighted by Crippen LogP contribution is -2.24. The van der Waals surface area contributed by atoms with Gasteiger partial charge < -0.3 is 10.2 Å². The Hall–Kier alpha value is -1.63. The van der Waals surface area contributed by atoms with Crippen LogP contribution in [0.3, 0.4) is 0 Å². The van der Waals surface area contributed by atoms with Crippen LogP contribution in [-0.2, 0) is 5.60 Å². The standard InChI is InChI=1S/C10H8F4O3/c1-10(2,17)4-7(13)5(11)3(9(15)16)6(12)8(4)14/h17H,1-2H3,(H,15,16). The van der Waals surface area contributed by atoms with Gasteiger partial charge in [0.2, 0.25) is 0 Å². The van der Waals surface area contributed by atoms with Gasteiger partial charge in [0.15, 0.2) is 23.3 Å². The summed E-state index contributed by atoms with van der Waals surface area (Å²) in [4.78, 5) is 10.4. The molecule has 0 aliphatic carbocycles. The minimum atomic E-state index is -2.19. The fourth-order valence-corrected chi connectivity index (χ4v) is 1.36. The SMILES string of the molecule is CC(C)(O)c1c(F)c(F)c(C(=O)O)c(F)c1F. The van der Waals surface area contributed by atoms with E-state index in [2.05, 4.69) is 0 Å². The number of aliphatic hydroxyl groups is 1. The molecular formula is C10H8F4O3. The lowest BCUT2D eigenvalue weighted by atomic mass is 9.95. The average molecular weight is 252 g/mol. The highest BCUT2D eigenvalue weighted by Crippen LogP contribution is 2.31. The van der Waals surface area contributed by atoms with E-state index < -0.39 is 46.0 Å². The molecule has 0 aliphatic rings. The fourth-order valence-electron chi connectivity index (χ4n) is 1.36. The number of carboxylic acid groups (broad SMARTS) is 1. The number of carbonyl (C=O) groups is 1. The van der Waals surface area contributed by atoms with Gasteiger partial charge in [0.05, 0.1) is 11.2 Å². The Kier molecular flexibility index (Phi) is 3.15. The van der Waals surface area contributed by atoms with Crippen LogP contribution in [0.5, 0.6) is 0 Å². The van der Waals surface area contributed by atoms with E-state index in [1.807, 2.05) is 0 Å². The van der Waals surface area contributed by atoms with Crippen molar-refractivity contribution >= 4 is 5.97 Å². The molecular weight excluding hydrogens is 244 g/mol. The number of hydrogen-bond acceptors (Lipinski definition) is 2. The molecule has 1 rings (SSSR count). The zero-order valence-corrected chi connectivity index (χ0v) is 8.81. The molecule has 0 spiro atoms.